The molecule has 6 nitrogen and oxygen atoms in total. The third-order valence-corrected chi connectivity index (χ3v) is 9.58. The number of nitrogens with zero attached hydrogens (tertiary/aromatic N) is 2. The van der Waals surface area contributed by atoms with Gasteiger partial charge >= 0.3 is 0 Å². The zero-order chi connectivity index (χ0) is 38.2. The first-order valence-electron chi connectivity index (χ1n) is 21.4. The minimum atomic E-state index is -0.362. The van der Waals surface area contributed by atoms with E-state index in [0.717, 1.165) is 116 Å². The van der Waals surface area contributed by atoms with E-state index in [4.69, 9.17) is 0 Å². The number of hydrogen-bond acceptors (Lipinski definition) is 6. The molecule has 6 heteroatoms. The van der Waals surface area contributed by atoms with Crippen LogP contribution in [0.4, 0.5) is 0 Å². The van der Waals surface area contributed by atoms with Crippen molar-refractivity contribution in [2.75, 3.05) is 52.9 Å². The zero-order valence-corrected chi connectivity index (χ0v) is 34.3. The number of hydrogen-bond donors (Lipinski definition) is 4. The fourth-order valence-corrected chi connectivity index (χ4v) is 6.26. The fourth-order valence-electron chi connectivity index (χ4n) is 6.26. The number of aliphatic hydroxyl groups is 3. The molecule has 52 heavy (non-hydrogen) atoms. The van der Waals surface area contributed by atoms with Gasteiger partial charge in [0.2, 0.25) is 0 Å². The molecule has 0 saturated carbocycles. The molecule has 0 aliphatic carbocycles. The van der Waals surface area contributed by atoms with Gasteiger partial charge < -0.3 is 25.5 Å². The summed E-state index contributed by atoms with van der Waals surface area (Å²) >= 11 is 0. The lowest BCUT2D eigenvalue weighted by Crippen LogP contribution is -2.43. The second-order valence-electron chi connectivity index (χ2n) is 14.8. The molecular formula is C46H85N3O3. The molecule has 0 amide bonds. The van der Waals surface area contributed by atoms with E-state index in [2.05, 4.69) is 103 Å². The van der Waals surface area contributed by atoms with Gasteiger partial charge in [0, 0.05) is 45.8 Å². The van der Waals surface area contributed by atoms with Crippen molar-refractivity contribution in [3.8, 4) is 0 Å². The summed E-state index contributed by atoms with van der Waals surface area (Å²) in [6.45, 7) is 13.2. The van der Waals surface area contributed by atoms with Crippen LogP contribution in [0.2, 0.25) is 0 Å². The Morgan fingerprint density at radius 3 is 1.42 bits per heavy atom. The molecule has 0 radical (unpaired) electrons. The minimum absolute atomic E-state index is 0.284. The van der Waals surface area contributed by atoms with E-state index in [0.29, 0.717) is 19.6 Å². The second kappa shape index (κ2) is 40.4. The van der Waals surface area contributed by atoms with E-state index < -0.39 is 0 Å². The Morgan fingerprint density at radius 1 is 0.519 bits per heavy atom. The summed E-state index contributed by atoms with van der Waals surface area (Å²) in [4.78, 5) is 4.59. The van der Waals surface area contributed by atoms with Gasteiger partial charge in [-0.1, -0.05) is 125 Å². The Kier molecular flexibility index (Phi) is 39.0. The molecule has 0 saturated heterocycles. The highest BCUT2D eigenvalue weighted by Crippen LogP contribution is 2.13. The van der Waals surface area contributed by atoms with Crippen LogP contribution >= 0.6 is 0 Å². The summed E-state index contributed by atoms with van der Waals surface area (Å²) in [5, 5.41) is 35.7. The molecule has 3 unspecified atom stereocenters. The van der Waals surface area contributed by atoms with Gasteiger partial charge in [0.1, 0.15) is 0 Å². The predicted molar refractivity (Wildman–Crippen MR) is 229 cm³/mol. The van der Waals surface area contributed by atoms with Crippen LogP contribution in [-0.4, -0.2) is 96.3 Å². The molecule has 0 rings (SSSR count). The fraction of sp³-hybridized carbons (Fsp3) is 0.739. The summed E-state index contributed by atoms with van der Waals surface area (Å²) in [5.74, 6) is 0. The first-order valence-corrected chi connectivity index (χ1v) is 21.4. The number of likely N-dealkylation sites (N-methyl/N-ethyl adjacent to an activating group) is 1. The van der Waals surface area contributed by atoms with E-state index in [1.54, 1.807) is 0 Å². The van der Waals surface area contributed by atoms with E-state index >= 15 is 0 Å². The standard InChI is InChI=1S/C46H85N3O3/c1-5-8-11-14-17-20-23-25-28-31-34-44(50)41-47-37-38-48(4)39-40-49(42-45(51)35-32-29-26-22-19-16-13-10-7-3)43-46(52)36-33-30-27-24-21-18-15-12-9-6-2/h5-9,13-18,44-47,50-52H,3,10-12,19-43H2,1-2,4H3/b8-5-,9-6-,16-13-,17-14-,18-15-. The van der Waals surface area contributed by atoms with Crippen LogP contribution in [0.3, 0.4) is 0 Å². The van der Waals surface area contributed by atoms with Crippen molar-refractivity contribution < 1.29 is 15.3 Å². The van der Waals surface area contributed by atoms with E-state index in [1.165, 1.54) is 44.9 Å². The summed E-state index contributed by atoms with van der Waals surface area (Å²) in [5.41, 5.74) is 0. The third-order valence-electron chi connectivity index (χ3n) is 9.58. The van der Waals surface area contributed by atoms with Crippen LogP contribution in [0, 0.1) is 0 Å². The number of unbranched alkanes of at least 4 members (excludes halogenated alkanes) is 12. The first kappa shape index (κ1) is 50.2. The molecule has 0 aromatic rings. The normalized spacial score (nSPS) is 14.5. The molecule has 0 heterocycles. The smallest absolute Gasteiger partial charge is 0.0667 e. The van der Waals surface area contributed by atoms with Gasteiger partial charge in [0.15, 0.2) is 0 Å². The summed E-state index contributed by atoms with van der Waals surface area (Å²) < 4.78 is 0. The molecule has 302 valence electrons. The lowest BCUT2D eigenvalue weighted by molar-refractivity contribution is 0.0564. The Balaban J connectivity index is 4.44. The first-order chi connectivity index (χ1) is 25.4. The molecule has 0 aliphatic heterocycles. The Hall–Kier alpha value is -1.80. The SMILES string of the molecule is C=CC/C=C\CCCCCCC(O)CN(CCN(C)CCNCC(O)CCCCCC/C=C\C/C=C\C)CC(O)CCCCCC/C=C\C/C=C\C. The monoisotopic (exact) mass is 728 g/mol. The molecule has 3 atom stereocenters. The molecule has 0 aliphatic rings. The van der Waals surface area contributed by atoms with Crippen molar-refractivity contribution in [2.45, 2.75) is 167 Å². The quantitative estimate of drug-likeness (QED) is 0.0373. The maximum atomic E-state index is 10.9. The lowest BCUT2D eigenvalue weighted by Gasteiger charge is -2.29. The van der Waals surface area contributed by atoms with Gasteiger partial charge in [-0.25, -0.2) is 0 Å². The highest BCUT2D eigenvalue weighted by molar-refractivity contribution is 4.92. The van der Waals surface area contributed by atoms with Crippen molar-refractivity contribution in [2.24, 2.45) is 0 Å². The van der Waals surface area contributed by atoms with Gasteiger partial charge in [0.25, 0.3) is 0 Å². The van der Waals surface area contributed by atoms with Crippen LogP contribution < -0.4 is 5.32 Å². The Bertz CT molecular complexity index is 899. The van der Waals surface area contributed by atoms with Gasteiger partial charge in [-0.2, -0.15) is 0 Å². The molecule has 0 spiro atoms. The topological polar surface area (TPSA) is 79.2 Å². The largest absolute Gasteiger partial charge is 0.392 e. The van der Waals surface area contributed by atoms with Gasteiger partial charge in [-0.05, 0) is 97.9 Å². The van der Waals surface area contributed by atoms with E-state index in [9.17, 15) is 15.3 Å². The number of nitrogens with one attached hydrogen (secondary N) is 1. The Labute approximate surface area is 322 Å². The lowest BCUT2D eigenvalue weighted by atomic mass is 10.1. The number of aliphatic hydroxyl groups excluding tert-OH is 3. The average molecular weight is 728 g/mol. The number of allylic oxidation sites excluding steroid dienone is 11. The summed E-state index contributed by atoms with van der Waals surface area (Å²) in [6, 6.07) is 0. The Morgan fingerprint density at radius 2 is 0.962 bits per heavy atom. The van der Waals surface area contributed by atoms with Gasteiger partial charge in [0.05, 0.1) is 18.3 Å². The predicted octanol–water partition coefficient (Wildman–Crippen LogP) is 10.1. The molecule has 0 fully saturated rings. The summed E-state index contributed by atoms with van der Waals surface area (Å²) in [7, 11) is 2.14. The van der Waals surface area contributed by atoms with Crippen molar-refractivity contribution in [1.29, 1.82) is 0 Å². The minimum Gasteiger partial charge on any atom is -0.392 e. The molecule has 0 aromatic carbocycles. The van der Waals surface area contributed by atoms with Crippen molar-refractivity contribution in [3.05, 3.63) is 73.4 Å². The molecule has 0 bridgehead atoms. The third kappa shape index (κ3) is 37.9. The van der Waals surface area contributed by atoms with Crippen molar-refractivity contribution >= 4 is 0 Å². The van der Waals surface area contributed by atoms with Crippen LogP contribution in [0.1, 0.15) is 149 Å². The van der Waals surface area contributed by atoms with E-state index in [-0.39, 0.29) is 18.3 Å². The number of rotatable bonds is 39. The molecular weight excluding hydrogens is 643 g/mol. The van der Waals surface area contributed by atoms with Crippen LogP contribution in [0.5, 0.6) is 0 Å². The maximum absolute atomic E-state index is 10.9. The zero-order valence-electron chi connectivity index (χ0n) is 34.3. The maximum Gasteiger partial charge on any atom is 0.0667 e. The second-order valence-corrected chi connectivity index (χ2v) is 14.8. The molecule has 4 N–H and O–H groups in total. The van der Waals surface area contributed by atoms with Crippen LogP contribution in [-0.2, 0) is 0 Å². The van der Waals surface area contributed by atoms with Gasteiger partial charge in [-0.15, -0.1) is 6.58 Å². The highest BCUT2D eigenvalue weighted by atomic mass is 16.3. The van der Waals surface area contributed by atoms with Crippen molar-refractivity contribution in [3.63, 3.8) is 0 Å². The molecule has 0 aromatic heterocycles. The van der Waals surface area contributed by atoms with E-state index in [1.807, 2.05) is 6.08 Å². The van der Waals surface area contributed by atoms with Gasteiger partial charge in [-0.3, -0.25) is 4.90 Å². The van der Waals surface area contributed by atoms with Crippen molar-refractivity contribution in [1.82, 2.24) is 15.1 Å². The highest BCUT2D eigenvalue weighted by Gasteiger charge is 2.16. The van der Waals surface area contributed by atoms with Crippen LogP contribution in [0.25, 0.3) is 0 Å². The van der Waals surface area contributed by atoms with Crippen LogP contribution in [0.15, 0.2) is 73.4 Å². The summed E-state index contributed by atoms with van der Waals surface area (Å²) in [6.07, 6.45) is 45.8. The average Bonchev–Trinajstić information content (AvgIpc) is 3.13.